The standard InChI is InChI=1S/C28H32ClF3N4O3/c1-26(2,3)16-39-19-10-8-18(9-11-19)22-33-23(35-25(38)34-22)20-15-17(7-12-21(20)29)13-14-36(6)24(37)27(4,5)28(30,31)32/h7-12,15H,13-14,16H2,1-6H3,(H,33,34,35,38). The molecule has 0 saturated carbocycles. The molecule has 0 radical (unpaired) electrons. The Morgan fingerprint density at radius 2 is 1.67 bits per heavy atom. The Hall–Kier alpha value is -3.40. The third-order valence-corrected chi connectivity index (χ3v) is 6.38. The molecule has 3 rings (SSSR count). The predicted octanol–water partition coefficient (Wildman–Crippen LogP) is 6.17. The summed E-state index contributed by atoms with van der Waals surface area (Å²) in [7, 11) is 1.33. The average molecular weight is 565 g/mol. The van der Waals surface area contributed by atoms with Crippen molar-refractivity contribution in [3.8, 4) is 28.5 Å². The van der Waals surface area contributed by atoms with E-state index < -0.39 is 23.2 Å². The Bertz CT molecular complexity index is 1380. The second kappa shape index (κ2) is 11.4. The largest absolute Gasteiger partial charge is 0.493 e. The minimum atomic E-state index is -4.66. The average Bonchev–Trinajstić information content (AvgIpc) is 2.85. The van der Waals surface area contributed by atoms with E-state index in [-0.39, 0.29) is 30.0 Å². The molecule has 210 valence electrons. The molecule has 1 aromatic heterocycles. The van der Waals surface area contributed by atoms with Crippen LogP contribution in [0.15, 0.2) is 47.3 Å². The summed E-state index contributed by atoms with van der Waals surface area (Å²) in [6.45, 7) is 8.52. The zero-order valence-electron chi connectivity index (χ0n) is 22.7. The summed E-state index contributed by atoms with van der Waals surface area (Å²) in [5, 5.41) is 0.313. The van der Waals surface area contributed by atoms with E-state index in [0.717, 1.165) is 18.7 Å². The third kappa shape index (κ3) is 7.59. The number of hydrogen-bond acceptors (Lipinski definition) is 5. The lowest BCUT2D eigenvalue weighted by Crippen LogP contribution is -2.47. The molecule has 1 heterocycles. The second-order valence-corrected chi connectivity index (χ2v) is 11.5. The Kier molecular flexibility index (Phi) is 8.79. The summed E-state index contributed by atoms with van der Waals surface area (Å²) in [4.78, 5) is 36.9. The van der Waals surface area contributed by atoms with Crippen LogP contribution in [0.25, 0.3) is 22.8 Å². The molecule has 0 aliphatic rings. The van der Waals surface area contributed by atoms with E-state index in [1.54, 1.807) is 42.5 Å². The molecule has 0 fully saturated rings. The van der Waals surface area contributed by atoms with Crippen molar-refractivity contribution in [1.82, 2.24) is 19.9 Å². The molecule has 2 aromatic carbocycles. The second-order valence-electron chi connectivity index (χ2n) is 11.1. The van der Waals surface area contributed by atoms with Gasteiger partial charge < -0.3 is 9.64 Å². The van der Waals surface area contributed by atoms with Crippen LogP contribution >= 0.6 is 11.6 Å². The molecule has 0 aliphatic carbocycles. The molecular formula is C28H32ClF3N4O3. The summed E-state index contributed by atoms with van der Waals surface area (Å²) in [5.41, 5.74) is -1.40. The van der Waals surface area contributed by atoms with Gasteiger partial charge in [0.05, 0.1) is 11.6 Å². The normalized spacial score (nSPS) is 12.4. The van der Waals surface area contributed by atoms with Crippen LogP contribution in [-0.2, 0) is 11.2 Å². The Labute approximate surface area is 230 Å². The number of benzene rings is 2. The maximum absolute atomic E-state index is 13.3. The molecule has 0 bridgehead atoms. The number of likely N-dealkylation sites (N-methyl/N-ethyl adjacent to an activating group) is 1. The van der Waals surface area contributed by atoms with Gasteiger partial charge in [-0.25, -0.2) is 9.78 Å². The van der Waals surface area contributed by atoms with Crippen LogP contribution in [0.5, 0.6) is 5.75 Å². The summed E-state index contributed by atoms with van der Waals surface area (Å²) in [5.74, 6) is 0.0326. The summed E-state index contributed by atoms with van der Waals surface area (Å²) in [6, 6.07) is 12.0. The molecule has 11 heteroatoms. The van der Waals surface area contributed by atoms with E-state index in [0.29, 0.717) is 34.1 Å². The molecule has 0 spiro atoms. The minimum absolute atomic E-state index is 0.00180. The highest BCUT2D eigenvalue weighted by molar-refractivity contribution is 6.33. The number of H-pyrrole nitrogens is 1. The van der Waals surface area contributed by atoms with Crippen molar-refractivity contribution in [3.63, 3.8) is 0 Å². The van der Waals surface area contributed by atoms with Gasteiger partial charge in [-0.05, 0) is 67.6 Å². The summed E-state index contributed by atoms with van der Waals surface area (Å²) in [6.07, 6.45) is -4.40. The van der Waals surface area contributed by atoms with Crippen LogP contribution in [0.3, 0.4) is 0 Å². The maximum Gasteiger partial charge on any atom is 0.402 e. The van der Waals surface area contributed by atoms with Crippen LogP contribution in [0.4, 0.5) is 13.2 Å². The number of carbonyl (C=O) groups is 1. The lowest BCUT2D eigenvalue weighted by Gasteiger charge is -2.31. The minimum Gasteiger partial charge on any atom is -0.493 e. The van der Waals surface area contributed by atoms with Crippen molar-refractivity contribution in [2.75, 3.05) is 20.2 Å². The molecule has 0 atom stereocenters. The van der Waals surface area contributed by atoms with Gasteiger partial charge >= 0.3 is 11.9 Å². The van der Waals surface area contributed by atoms with Crippen LogP contribution < -0.4 is 10.4 Å². The summed E-state index contributed by atoms with van der Waals surface area (Å²) >= 11 is 6.41. The Morgan fingerprint density at radius 3 is 2.26 bits per heavy atom. The highest BCUT2D eigenvalue weighted by Crippen LogP contribution is 2.39. The van der Waals surface area contributed by atoms with Gasteiger partial charge in [0.15, 0.2) is 5.82 Å². The molecular weight excluding hydrogens is 533 g/mol. The first-order chi connectivity index (χ1) is 18.0. The van der Waals surface area contributed by atoms with Crippen LogP contribution in [0.1, 0.15) is 40.2 Å². The number of rotatable bonds is 8. The van der Waals surface area contributed by atoms with Crippen LogP contribution in [-0.4, -0.2) is 52.1 Å². The number of halogens is 4. The zero-order valence-corrected chi connectivity index (χ0v) is 23.5. The quantitative estimate of drug-likeness (QED) is 0.354. The number of nitrogens with one attached hydrogen (secondary N) is 1. The number of ether oxygens (including phenoxy) is 1. The van der Waals surface area contributed by atoms with Crippen molar-refractivity contribution < 1.29 is 22.7 Å². The van der Waals surface area contributed by atoms with Crippen LogP contribution in [0, 0.1) is 10.8 Å². The van der Waals surface area contributed by atoms with E-state index >= 15 is 0 Å². The molecule has 0 aliphatic heterocycles. The molecule has 1 N–H and O–H groups in total. The van der Waals surface area contributed by atoms with E-state index in [9.17, 15) is 22.8 Å². The van der Waals surface area contributed by atoms with Crippen LogP contribution in [0.2, 0.25) is 5.02 Å². The van der Waals surface area contributed by atoms with Crippen molar-refractivity contribution in [2.45, 2.75) is 47.2 Å². The van der Waals surface area contributed by atoms with Crippen molar-refractivity contribution in [3.05, 3.63) is 63.5 Å². The highest BCUT2D eigenvalue weighted by atomic mass is 35.5. The number of hydrogen-bond donors (Lipinski definition) is 1. The van der Waals surface area contributed by atoms with Crippen molar-refractivity contribution >= 4 is 17.5 Å². The monoisotopic (exact) mass is 564 g/mol. The lowest BCUT2D eigenvalue weighted by atomic mass is 9.91. The zero-order chi connectivity index (χ0) is 29.2. The van der Waals surface area contributed by atoms with E-state index in [4.69, 9.17) is 16.3 Å². The first-order valence-corrected chi connectivity index (χ1v) is 12.7. The van der Waals surface area contributed by atoms with Gasteiger partial charge in [-0.1, -0.05) is 38.4 Å². The van der Waals surface area contributed by atoms with Crippen molar-refractivity contribution in [2.24, 2.45) is 10.8 Å². The highest BCUT2D eigenvalue weighted by Gasteiger charge is 2.53. The number of aromatic nitrogens is 3. The Balaban J connectivity index is 1.81. The topological polar surface area (TPSA) is 88.2 Å². The first kappa shape index (κ1) is 30.1. The van der Waals surface area contributed by atoms with Gasteiger partial charge in [0.2, 0.25) is 5.91 Å². The smallest absolute Gasteiger partial charge is 0.402 e. The molecule has 0 unspecified atom stereocenters. The SMILES string of the molecule is CN(CCc1ccc(Cl)c(-c2nc(-c3ccc(OCC(C)(C)C)cc3)nc(=O)[nH]2)c1)C(=O)C(C)(C)C(F)(F)F. The fourth-order valence-corrected chi connectivity index (χ4v) is 3.75. The van der Waals surface area contributed by atoms with Gasteiger partial charge in [0.1, 0.15) is 17.0 Å². The number of nitrogens with zero attached hydrogens (tertiary/aromatic N) is 3. The fraction of sp³-hybridized carbons (Fsp3) is 0.429. The van der Waals surface area contributed by atoms with E-state index in [1.165, 1.54) is 7.05 Å². The van der Waals surface area contributed by atoms with Gasteiger partial charge in [-0.15, -0.1) is 0 Å². The molecule has 1 amide bonds. The first-order valence-electron chi connectivity index (χ1n) is 12.3. The predicted molar refractivity (Wildman–Crippen MR) is 145 cm³/mol. The van der Waals surface area contributed by atoms with Gasteiger partial charge in [0, 0.05) is 24.7 Å². The fourth-order valence-electron chi connectivity index (χ4n) is 3.55. The lowest BCUT2D eigenvalue weighted by molar-refractivity contribution is -0.216. The van der Waals surface area contributed by atoms with E-state index in [1.807, 2.05) is 0 Å². The Morgan fingerprint density at radius 1 is 1.03 bits per heavy atom. The number of carbonyl (C=O) groups excluding carboxylic acids is 1. The summed E-state index contributed by atoms with van der Waals surface area (Å²) < 4.78 is 45.6. The van der Waals surface area contributed by atoms with Gasteiger partial charge in [0.25, 0.3) is 0 Å². The molecule has 0 saturated heterocycles. The third-order valence-electron chi connectivity index (χ3n) is 6.05. The maximum atomic E-state index is 13.3. The number of alkyl halides is 3. The molecule has 7 nitrogen and oxygen atoms in total. The number of aromatic amines is 1. The van der Waals surface area contributed by atoms with E-state index in [2.05, 4.69) is 35.7 Å². The number of amides is 1. The van der Waals surface area contributed by atoms with Crippen molar-refractivity contribution in [1.29, 1.82) is 0 Å². The van der Waals surface area contributed by atoms with Gasteiger partial charge in [-0.3, -0.25) is 9.78 Å². The molecule has 3 aromatic rings. The molecule has 39 heavy (non-hydrogen) atoms. The van der Waals surface area contributed by atoms with Gasteiger partial charge in [-0.2, -0.15) is 18.2 Å².